The number of hydrogen-bond acceptors (Lipinski definition) is 2. The smallest absolute Gasteiger partial charge is 0.172 e. The lowest BCUT2D eigenvalue weighted by Gasteiger charge is -1.95. The van der Waals surface area contributed by atoms with E-state index in [4.69, 9.17) is 10.7 Å². The standard InChI is InChI=1S/C6H9N.CHNS/c7-6-4-2-1-3-5-6;2-1-3/h2,4,7H,1,3,5H2;3H. The Hall–Kier alpha value is -0.880. The molecule has 0 saturated carbocycles. The number of nitrogens with zero attached hydrogens (tertiary/aromatic N) is 1. The summed E-state index contributed by atoms with van der Waals surface area (Å²) >= 11 is 3.70. The Morgan fingerprint density at radius 2 is 2.30 bits per heavy atom. The van der Waals surface area contributed by atoms with Crippen molar-refractivity contribution in [2.24, 2.45) is 0 Å². The average molecular weight is 154 g/mol. The molecule has 0 unspecified atom stereocenters. The largest absolute Gasteiger partial charge is 0.696 e. The van der Waals surface area contributed by atoms with Crippen LogP contribution in [0.25, 0.3) is 0 Å². The first-order chi connectivity index (χ1) is 4.81. The highest BCUT2D eigenvalue weighted by Crippen LogP contribution is 2.02. The summed E-state index contributed by atoms with van der Waals surface area (Å²) in [6.45, 7) is 0. The minimum Gasteiger partial charge on any atom is -0.696 e. The van der Waals surface area contributed by atoms with Crippen LogP contribution in [0.5, 0.6) is 0 Å². The third-order valence-corrected chi connectivity index (χ3v) is 1.17. The molecule has 0 atom stereocenters. The van der Waals surface area contributed by atoms with Gasteiger partial charge in [-0.2, -0.15) is 0 Å². The van der Waals surface area contributed by atoms with Crippen LogP contribution in [0.2, 0.25) is 0 Å². The molecule has 1 aliphatic carbocycles. The Morgan fingerprint density at radius 1 is 1.70 bits per heavy atom. The van der Waals surface area contributed by atoms with Crippen LogP contribution < -0.4 is 5.41 Å². The molecule has 1 aliphatic rings. The number of rotatable bonds is 0. The van der Waals surface area contributed by atoms with Gasteiger partial charge in [0, 0.05) is 12.5 Å². The monoisotopic (exact) mass is 154 g/mol. The quantitative estimate of drug-likeness (QED) is 0.392. The predicted octanol–water partition coefficient (Wildman–Crippen LogP) is -0.0590. The first-order valence-corrected chi connectivity index (χ1v) is 3.51. The fourth-order valence-corrected chi connectivity index (χ4v) is 0.742. The Morgan fingerprint density at radius 3 is 2.50 bits per heavy atom. The van der Waals surface area contributed by atoms with Crippen molar-refractivity contribution < 1.29 is 5.41 Å². The number of allylic oxidation sites excluding steroid dienone is 2. The van der Waals surface area contributed by atoms with Crippen molar-refractivity contribution in [1.82, 2.24) is 0 Å². The molecule has 0 radical (unpaired) electrons. The summed E-state index contributed by atoms with van der Waals surface area (Å²) < 4.78 is 0. The molecule has 54 valence electrons. The maximum Gasteiger partial charge on any atom is 0.172 e. The summed E-state index contributed by atoms with van der Waals surface area (Å²) in [5.74, 6) is 0. The third kappa shape index (κ3) is 5.26. The Kier molecular flexibility index (Phi) is 5.69. The molecule has 0 saturated heterocycles. The van der Waals surface area contributed by atoms with E-state index < -0.39 is 0 Å². The molecule has 0 aromatic heterocycles. The van der Waals surface area contributed by atoms with Gasteiger partial charge < -0.3 is 12.6 Å². The minimum atomic E-state index is 1.03. The topological polar surface area (TPSA) is 49.4 Å². The highest BCUT2D eigenvalue weighted by atomic mass is 32.1. The number of nitriles is 1. The van der Waals surface area contributed by atoms with Gasteiger partial charge in [-0.1, -0.05) is 11.5 Å². The molecule has 2 nitrogen and oxygen atoms in total. The zero-order valence-corrected chi connectivity index (χ0v) is 6.53. The van der Waals surface area contributed by atoms with Gasteiger partial charge in [0.25, 0.3) is 0 Å². The highest BCUT2D eigenvalue weighted by Gasteiger charge is 1.99. The van der Waals surface area contributed by atoms with E-state index >= 15 is 0 Å². The van der Waals surface area contributed by atoms with Crippen molar-refractivity contribution in [2.45, 2.75) is 19.3 Å². The second-order valence-electron chi connectivity index (χ2n) is 1.96. The summed E-state index contributed by atoms with van der Waals surface area (Å²) in [5.41, 5.74) is 1.03. The van der Waals surface area contributed by atoms with E-state index in [0.717, 1.165) is 12.1 Å². The van der Waals surface area contributed by atoms with Crippen LogP contribution in [0.4, 0.5) is 0 Å². The third-order valence-electron chi connectivity index (χ3n) is 1.17. The normalized spacial score (nSPS) is 14.9. The van der Waals surface area contributed by atoms with Gasteiger partial charge in [0.1, 0.15) is 0 Å². The van der Waals surface area contributed by atoms with E-state index in [1.54, 1.807) is 0 Å². The van der Waals surface area contributed by atoms with Crippen LogP contribution in [-0.2, 0) is 12.6 Å². The molecule has 3 heteroatoms. The fraction of sp³-hybridized carbons (Fsp3) is 0.429. The van der Waals surface area contributed by atoms with Crippen molar-refractivity contribution >= 4 is 18.3 Å². The van der Waals surface area contributed by atoms with E-state index in [-0.39, 0.29) is 0 Å². The Balaban J connectivity index is 0.000000236. The second kappa shape index (κ2) is 6.24. The summed E-state index contributed by atoms with van der Waals surface area (Å²) in [6.07, 6.45) is 7.67. The van der Waals surface area contributed by atoms with Gasteiger partial charge in [0.15, 0.2) is 5.71 Å². The number of thiocyanates is 1. The molecule has 0 bridgehead atoms. The molecular formula is C7H10N2S. The van der Waals surface area contributed by atoms with Crippen molar-refractivity contribution in [2.75, 3.05) is 0 Å². The molecule has 0 aliphatic heterocycles. The van der Waals surface area contributed by atoms with Crippen molar-refractivity contribution in [3.8, 4) is 5.40 Å². The van der Waals surface area contributed by atoms with E-state index in [1.807, 2.05) is 6.08 Å². The molecule has 0 amide bonds. The molecule has 2 N–H and O–H groups in total. The van der Waals surface area contributed by atoms with Gasteiger partial charge >= 0.3 is 0 Å². The molecular weight excluding hydrogens is 144 g/mol. The van der Waals surface area contributed by atoms with Crippen molar-refractivity contribution in [3.63, 3.8) is 0 Å². The van der Waals surface area contributed by atoms with Crippen LogP contribution in [0.3, 0.4) is 0 Å². The molecule has 0 heterocycles. The average Bonchev–Trinajstić information content (AvgIpc) is 1.91. The zero-order valence-electron chi connectivity index (χ0n) is 5.71. The molecule has 0 spiro atoms. The summed E-state index contributed by atoms with van der Waals surface area (Å²) in [6, 6.07) is 0. The van der Waals surface area contributed by atoms with Crippen LogP contribution in [0.15, 0.2) is 12.2 Å². The fourth-order valence-electron chi connectivity index (χ4n) is 0.742. The summed E-state index contributed by atoms with van der Waals surface area (Å²) in [7, 11) is 0. The minimum absolute atomic E-state index is 1.03. The predicted molar refractivity (Wildman–Crippen MR) is 42.9 cm³/mol. The lowest BCUT2D eigenvalue weighted by atomic mass is 10.1. The lowest BCUT2D eigenvalue weighted by Crippen LogP contribution is -2.38. The van der Waals surface area contributed by atoms with Gasteiger partial charge in [-0.3, -0.25) is 5.41 Å². The Labute approximate surface area is 66.5 Å². The van der Waals surface area contributed by atoms with E-state index in [9.17, 15) is 0 Å². The van der Waals surface area contributed by atoms with Gasteiger partial charge in [0.05, 0.1) is 0 Å². The maximum absolute atomic E-state index is 7.13. The molecule has 10 heavy (non-hydrogen) atoms. The number of hydrogen-bond donors (Lipinski definition) is 1. The van der Waals surface area contributed by atoms with E-state index in [1.165, 1.54) is 18.2 Å². The van der Waals surface area contributed by atoms with E-state index in [2.05, 4.69) is 18.7 Å². The number of nitrogens with two attached hydrogens (primary N) is 1. The highest BCUT2D eigenvalue weighted by molar-refractivity contribution is 7.64. The second-order valence-corrected chi connectivity index (χ2v) is 2.14. The summed E-state index contributed by atoms with van der Waals surface area (Å²) in [4.78, 5) is 0. The van der Waals surface area contributed by atoms with Crippen LogP contribution in [-0.4, -0.2) is 5.71 Å². The van der Waals surface area contributed by atoms with Crippen molar-refractivity contribution in [3.05, 3.63) is 12.2 Å². The van der Waals surface area contributed by atoms with Crippen molar-refractivity contribution in [1.29, 1.82) is 5.26 Å². The molecule has 0 aromatic rings. The maximum atomic E-state index is 7.13. The molecule has 0 aromatic carbocycles. The SMILES string of the molecule is N#C[S-].[NH2+]=C1C=CCCC1. The van der Waals surface area contributed by atoms with Gasteiger partial charge in [0.2, 0.25) is 0 Å². The van der Waals surface area contributed by atoms with Gasteiger partial charge in [-0.05, 0) is 12.8 Å². The summed E-state index contributed by atoms with van der Waals surface area (Å²) in [5, 5.41) is 13.9. The van der Waals surface area contributed by atoms with Gasteiger partial charge in [-0.25, -0.2) is 5.26 Å². The van der Waals surface area contributed by atoms with Crippen LogP contribution in [0.1, 0.15) is 19.3 Å². The molecule has 0 fully saturated rings. The molecule has 1 rings (SSSR count). The lowest BCUT2D eigenvalue weighted by molar-refractivity contribution is -0.114. The van der Waals surface area contributed by atoms with E-state index in [0.29, 0.717) is 0 Å². The Bertz CT molecular complexity index is 167. The first-order valence-electron chi connectivity index (χ1n) is 3.10. The first kappa shape index (κ1) is 9.12. The van der Waals surface area contributed by atoms with Crippen LogP contribution >= 0.6 is 0 Å². The zero-order chi connectivity index (χ0) is 7.82. The van der Waals surface area contributed by atoms with Crippen LogP contribution in [0, 0.1) is 10.7 Å². The van der Waals surface area contributed by atoms with Gasteiger partial charge in [-0.15, -0.1) is 0 Å².